The van der Waals surface area contributed by atoms with Gasteiger partial charge in [-0.25, -0.2) is 0 Å². The Kier molecular flexibility index (Phi) is 6.72. The molecule has 0 saturated carbocycles. The minimum atomic E-state index is 0.170. The highest BCUT2D eigenvalue weighted by molar-refractivity contribution is 5.78. The lowest BCUT2D eigenvalue weighted by Gasteiger charge is -2.34. The summed E-state index contributed by atoms with van der Waals surface area (Å²) in [5.74, 6) is 1.22. The molecule has 1 atom stereocenters. The molecule has 6 heteroatoms. The molecule has 0 aliphatic carbocycles. The number of nitrogens with zero attached hydrogens (tertiary/aromatic N) is 3. The first kappa shape index (κ1) is 21.4. The molecule has 5 rings (SSSR count). The summed E-state index contributed by atoms with van der Waals surface area (Å²) in [4.78, 5) is 19.8. The van der Waals surface area contributed by atoms with E-state index in [4.69, 9.17) is 4.74 Å². The summed E-state index contributed by atoms with van der Waals surface area (Å²) < 4.78 is 5.61. The number of carbonyl (C=O) groups excluding carboxylic acids is 1. The van der Waals surface area contributed by atoms with Crippen LogP contribution in [0.3, 0.4) is 0 Å². The Balaban J connectivity index is 1.01. The number of hydrogen-bond acceptors (Lipinski definition) is 5. The van der Waals surface area contributed by atoms with Crippen LogP contribution in [0.25, 0.3) is 0 Å². The van der Waals surface area contributed by atoms with Crippen LogP contribution < -0.4 is 10.1 Å². The van der Waals surface area contributed by atoms with Gasteiger partial charge in [0.15, 0.2) is 0 Å². The average molecular weight is 435 g/mol. The topological polar surface area (TPSA) is 48.1 Å². The van der Waals surface area contributed by atoms with Gasteiger partial charge in [0.25, 0.3) is 0 Å². The molecule has 0 radical (unpaired) electrons. The van der Waals surface area contributed by atoms with Gasteiger partial charge in [-0.3, -0.25) is 19.5 Å². The van der Waals surface area contributed by atoms with Crippen molar-refractivity contribution in [3.8, 4) is 5.75 Å². The van der Waals surface area contributed by atoms with Crippen LogP contribution in [0.15, 0.2) is 48.5 Å². The minimum absolute atomic E-state index is 0.170. The highest BCUT2D eigenvalue weighted by Crippen LogP contribution is 2.26. The average Bonchev–Trinajstić information content (AvgIpc) is 3.45. The standard InChI is InChI=1S/C26H34N4O2/c31-26(27-24-8-10-30(19-24)17-21-4-2-1-3-5-21)20-29-13-11-28(12-14-29)18-22-6-7-25-23(16-22)9-15-32-25/h1-7,16,24H,8-15,17-20H2,(H,27,31)/t24-/m1/s1. The number of piperazine rings is 1. The van der Waals surface area contributed by atoms with E-state index >= 15 is 0 Å². The highest BCUT2D eigenvalue weighted by atomic mass is 16.5. The second kappa shape index (κ2) is 10.0. The molecule has 6 nitrogen and oxygen atoms in total. The fourth-order valence-electron chi connectivity index (χ4n) is 5.11. The van der Waals surface area contributed by atoms with E-state index < -0.39 is 0 Å². The first-order valence-corrected chi connectivity index (χ1v) is 12.0. The van der Waals surface area contributed by atoms with Crippen molar-refractivity contribution in [3.05, 3.63) is 65.2 Å². The van der Waals surface area contributed by atoms with E-state index in [0.717, 1.165) is 77.6 Å². The van der Waals surface area contributed by atoms with Crippen LogP contribution >= 0.6 is 0 Å². The van der Waals surface area contributed by atoms with Gasteiger partial charge in [-0.05, 0) is 29.2 Å². The lowest BCUT2D eigenvalue weighted by atomic mass is 10.1. The zero-order valence-electron chi connectivity index (χ0n) is 18.8. The van der Waals surface area contributed by atoms with E-state index in [9.17, 15) is 4.79 Å². The third-order valence-corrected chi connectivity index (χ3v) is 6.88. The smallest absolute Gasteiger partial charge is 0.234 e. The van der Waals surface area contributed by atoms with Gasteiger partial charge in [-0.15, -0.1) is 0 Å². The molecule has 2 aromatic carbocycles. The van der Waals surface area contributed by atoms with Gasteiger partial charge in [0.05, 0.1) is 13.2 Å². The molecule has 2 saturated heterocycles. The number of benzene rings is 2. The van der Waals surface area contributed by atoms with Crippen molar-refractivity contribution in [2.75, 3.05) is 52.4 Å². The van der Waals surface area contributed by atoms with Gasteiger partial charge < -0.3 is 10.1 Å². The van der Waals surface area contributed by atoms with Gasteiger partial charge in [-0.1, -0.05) is 42.5 Å². The van der Waals surface area contributed by atoms with Crippen molar-refractivity contribution in [1.82, 2.24) is 20.0 Å². The number of carbonyl (C=O) groups is 1. The van der Waals surface area contributed by atoms with E-state index in [-0.39, 0.29) is 11.9 Å². The summed E-state index contributed by atoms with van der Waals surface area (Å²) in [5.41, 5.74) is 4.04. The van der Waals surface area contributed by atoms with Crippen LogP contribution in [0, 0.1) is 0 Å². The second-order valence-electron chi connectivity index (χ2n) is 9.37. The molecular formula is C26H34N4O2. The maximum Gasteiger partial charge on any atom is 0.234 e. The molecule has 32 heavy (non-hydrogen) atoms. The largest absolute Gasteiger partial charge is 0.493 e. The molecule has 0 bridgehead atoms. The molecule has 170 valence electrons. The summed E-state index contributed by atoms with van der Waals surface area (Å²) in [6.45, 7) is 9.18. The summed E-state index contributed by atoms with van der Waals surface area (Å²) >= 11 is 0. The molecule has 2 fully saturated rings. The van der Waals surface area contributed by atoms with E-state index in [1.54, 1.807) is 0 Å². The third kappa shape index (κ3) is 5.49. The Labute approximate surface area is 191 Å². The number of fused-ring (bicyclic) bond motifs is 1. The first-order chi connectivity index (χ1) is 15.7. The Morgan fingerprint density at radius 2 is 1.69 bits per heavy atom. The van der Waals surface area contributed by atoms with Crippen LogP contribution in [0.5, 0.6) is 5.75 Å². The van der Waals surface area contributed by atoms with Crippen LogP contribution in [0.4, 0.5) is 0 Å². The fourth-order valence-corrected chi connectivity index (χ4v) is 5.11. The maximum atomic E-state index is 12.6. The molecule has 2 aromatic rings. The molecule has 1 amide bonds. The van der Waals surface area contributed by atoms with Gasteiger partial charge in [0, 0.05) is 64.8 Å². The number of hydrogen-bond donors (Lipinski definition) is 1. The number of ether oxygens (including phenoxy) is 1. The molecule has 0 unspecified atom stereocenters. The second-order valence-corrected chi connectivity index (χ2v) is 9.37. The summed E-state index contributed by atoms with van der Waals surface area (Å²) in [5, 5.41) is 3.27. The van der Waals surface area contributed by atoms with Crippen LogP contribution in [-0.4, -0.2) is 79.1 Å². The summed E-state index contributed by atoms with van der Waals surface area (Å²) in [7, 11) is 0. The van der Waals surface area contributed by atoms with E-state index in [2.05, 4.69) is 68.5 Å². The first-order valence-electron chi connectivity index (χ1n) is 12.0. The van der Waals surface area contributed by atoms with Crippen LogP contribution in [0.2, 0.25) is 0 Å². The number of likely N-dealkylation sites (tertiary alicyclic amines) is 1. The maximum absolute atomic E-state index is 12.6. The van der Waals surface area contributed by atoms with Gasteiger partial charge in [-0.2, -0.15) is 0 Å². The minimum Gasteiger partial charge on any atom is -0.493 e. The zero-order chi connectivity index (χ0) is 21.8. The van der Waals surface area contributed by atoms with Crippen molar-refractivity contribution in [3.63, 3.8) is 0 Å². The van der Waals surface area contributed by atoms with E-state index in [1.165, 1.54) is 16.7 Å². The Morgan fingerprint density at radius 3 is 2.53 bits per heavy atom. The van der Waals surface area contributed by atoms with Crippen LogP contribution in [-0.2, 0) is 24.3 Å². The van der Waals surface area contributed by atoms with Crippen molar-refractivity contribution < 1.29 is 9.53 Å². The molecule has 0 spiro atoms. The Morgan fingerprint density at radius 1 is 0.906 bits per heavy atom. The fraction of sp³-hybridized carbons (Fsp3) is 0.500. The lowest BCUT2D eigenvalue weighted by molar-refractivity contribution is -0.123. The predicted molar refractivity (Wildman–Crippen MR) is 126 cm³/mol. The van der Waals surface area contributed by atoms with Crippen LogP contribution in [0.1, 0.15) is 23.1 Å². The van der Waals surface area contributed by atoms with Gasteiger partial charge >= 0.3 is 0 Å². The quantitative estimate of drug-likeness (QED) is 0.724. The van der Waals surface area contributed by atoms with E-state index in [1.807, 2.05) is 0 Å². The summed E-state index contributed by atoms with van der Waals surface area (Å²) in [6, 6.07) is 17.4. The SMILES string of the molecule is O=C(CN1CCN(Cc2ccc3c(c2)CCO3)CC1)N[C@@H]1CCN(Cc2ccccc2)C1. The van der Waals surface area contributed by atoms with Gasteiger partial charge in [0.1, 0.15) is 5.75 Å². The molecule has 0 aromatic heterocycles. The van der Waals surface area contributed by atoms with Crippen molar-refractivity contribution in [2.45, 2.75) is 32.0 Å². The monoisotopic (exact) mass is 434 g/mol. The Bertz CT molecular complexity index is 911. The molecule has 3 heterocycles. The number of nitrogens with one attached hydrogen (secondary N) is 1. The third-order valence-electron chi connectivity index (χ3n) is 6.88. The number of rotatable bonds is 7. The van der Waals surface area contributed by atoms with Crippen molar-refractivity contribution in [1.29, 1.82) is 0 Å². The highest BCUT2D eigenvalue weighted by Gasteiger charge is 2.25. The zero-order valence-corrected chi connectivity index (χ0v) is 18.8. The molecular weight excluding hydrogens is 400 g/mol. The summed E-state index contributed by atoms with van der Waals surface area (Å²) in [6.07, 6.45) is 2.06. The van der Waals surface area contributed by atoms with Gasteiger partial charge in [0.2, 0.25) is 5.91 Å². The molecule has 3 aliphatic rings. The van der Waals surface area contributed by atoms with Crippen molar-refractivity contribution >= 4 is 5.91 Å². The van der Waals surface area contributed by atoms with E-state index in [0.29, 0.717) is 6.54 Å². The Hall–Kier alpha value is -2.41. The molecule has 3 aliphatic heterocycles. The normalized spacial score (nSPS) is 21.9. The number of amides is 1. The van der Waals surface area contributed by atoms with Crippen molar-refractivity contribution in [2.24, 2.45) is 0 Å². The lowest BCUT2D eigenvalue weighted by Crippen LogP contribution is -2.50. The molecule has 1 N–H and O–H groups in total. The predicted octanol–water partition coefficient (Wildman–Crippen LogP) is 2.13.